The van der Waals surface area contributed by atoms with Gasteiger partial charge in [-0.25, -0.2) is 0 Å². The molecule has 2 nitrogen and oxygen atoms in total. The molecule has 1 unspecified atom stereocenters. The fourth-order valence-electron chi connectivity index (χ4n) is 2.62. The molecule has 2 heteroatoms. The lowest BCUT2D eigenvalue weighted by atomic mass is 9.98. The number of fused-ring (bicyclic) bond motifs is 3. The summed E-state index contributed by atoms with van der Waals surface area (Å²) in [6.07, 6.45) is 4.35. The molecule has 2 heterocycles. The van der Waals surface area contributed by atoms with E-state index in [9.17, 15) is 0 Å². The van der Waals surface area contributed by atoms with Crippen LogP contribution in [0, 0.1) is 0 Å². The Balaban J connectivity index is 1.99. The van der Waals surface area contributed by atoms with Crippen LogP contribution in [-0.2, 0) is 6.42 Å². The topological polar surface area (TPSA) is 15.3 Å². The fraction of sp³-hybridized carbons (Fsp3) is 0.500. The van der Waals surface area contributed by atoms with Gasteiger partial charge >= 0.3 is 0 Å². The number of para-hydroxylation sites is 1. The molecule has 14 heavy (non-hydrogen) atoms. The molecule has 1 aromatic rings. The van der Waals surface area contributed by atoms with Gasteiger partial charge in [-0.15, -0.1) is 0 Å². The number of hydrogen-bond donors (Lipinski definition) is 1. The minimum atomic E-state index is 0.596. The summed E-state index contributed by atoms with van der Waals surface area (Å²) in [6, 6.07) is 8.82. The van der Waals surface area contributed by atoms with Crippen LogP contribution in [0.5, 0.6) is 0 Å². The maximum Gasteiger partial charge on any atom is 0.0799 e. The molecule has 2 aliphatic heterocycles. The first-order valence-electron chi connectivity index (χ1n) is 5.53. The zero-order chi connectivity index (χ0) is 9.38. The van der Waals surface area contributed by atoms with Gasteiger partial charge in [-0.1, -0.05) is 18.2 Å². The third-order valence-electron chi connectivity index (χ3n) is 3.32. The van der Waals surface area contributed by atoms with Crippen molar-refractivity contribution in [3.8, 4) is 0 Å². The van der Waals surface area contributed by atoms with Crippen molar-refractivity contribution in [2.45, 2.75) is 25.4 Å². The normalized spacial score (nSPS) is 25.4. The smallest absolute Gasteiger partial charge is 0.0799 e. The van der Waals surface area contributed by atoms with Crippen LogP contribution in [-0.4, -0.2) is 19.3 Å². The number of rotatable bonds is 0. The molecular formula is C12H16N2. The molecule has 0 radical (unpaired) electrons. The van der Waals surface area contributed by atoms with Gasteiger partial charge in [0.2, 0.25) is 0 Å². The van der Waals surface area contributed by atoms with Crippen LogP contribution in [0.2, 0.25) is 0 Å². The van der Waals surface area contributed by atoms with Crippen molar-refractivity contribution in [1.82, 2.24) is 5.32 Å². The van der Waals surface area contributed by atoms with Crippen molar-refractivity contribution >= 4 is 5.69 Å². The van der Waals surface area contributed by atoms with Crippen LogP contribution in [0.25, 0.3) is 0 Å². The van der Waals surface area contributed by atoms with E-state index >= 15 is 0 Å². The van der Waals surface area contributed by atoms with Crippen molar-refractivity contribution in [2.75, 3.05) is 18.0 Å². The molecule has 1 N–H and O–H groups in total. The highest BCUT2D eigenvalue weighted by atomic mass is 15.3. The minimum absolute atomic E-state index is 0.596. The van der Waals surface area contributed by atoms with E-state index in [1.165, 1.54) is 43.6 Å². The molecule has 1 saturated heterocycles. The van der Waals surface area contributed by atoms with E-state index in [1.807, 2.05) is 0 Å². The first-order valence-corrected chi connectivity index (χ1v) is 5.53. The van der Waals surface area contributed by atoms with Crippen LogP contribution in [0.3, 0.4) is 0 Å². The second kappa shape index (κ2) is 3.28. The first kappa shape index (κ1) is 8.30. The minimum Gasteiger partial charge on any atom is -0.356 e. The number of aryl methyl sites for hydroxylation is 1. The van der Waals surface area contributed by atoms with E-state index < -0.39 is 0 Å². The van der Waals surface area contributed by atoms with Gasteiger partial charge in [-0.3, -0.25) is 5.32 Å². The van der Waals surface area contributed by atoms with Gasteiger partial charge < -0.3 is 4.90 Å². The van der Waals surface area contributed by atoms with Gasteiger partial charge in [0, 0.05) is 12.2 Å². The van der Waals surface area contributed by atoms with Crippen LogP contribution >= 0.6 is 0 Å². The SMILES string of the molecule is c1ccc2c(c1)CCC1NCCCN21. The molecule has 3 rings (SSSR count). The van der Waals surface area contributed by atoms with Gasteiger partial charge in [-0.2, -0.15) is 0 Å². The lowest BCUT2D eigenvalue weighted by Gasteiger charge is -2.42. The quantitative estimate of drug-likeness (QED) is 0.667. The zero-order valence-electron chi connectivity index (χ0n) is 8.37. The number of benzene rings is 1. The molecule has 0 aromatic heterocycles. The lowest BCUT2D eigenvalue weighted by molar-refractivity contribution is 0.392. The maximum atomic E-state index is 3.59. The Bertz CT molecular complexity index is 335. The van der Waals surface area contributed by atoms with Crippen molar-refractivity contribution in [3.05, 3.63) is 29.8 Å². The molecule has 1 aromatic carbocycles. The van der Waals surface area contributed by atoms with Gasteiger partial charge in [0.05, 0.1) is 6.17 Å². The molecule has 1 atom stereocenters. The second-order valence-electron chi connectivity index (χ2n) is 4.18. The molecule has 2 aliphatic rings. The van der Waals surface area contributed by atoms with E-state index in [1.54, 1.807) is 0 Å². The molecule has 1 fully saturated rings. The van der Waals surface area contributed by atoms with E-state index in [0.717, 1.165) is 0 Å². The first-order chi connectivity index (χ1) is 6.95. The van der Waals surface area contributed by atoms with Crippen LogP contribution < -0.4 is 10.2 Å². The zero-order valence-corrected chi connectivity index (χ0v) is 8.37. The van der Waals surface area contributed by atoms with E-state index in [2.05, 4.69) is 34.5 Å². The standard InChI is InChI=1S/C12H16N2/c1-2-5-11-10(4-1)6-7-12-13-8-3-9-14(11)12/h1-2,4-5,12-13H,3,6-9H2. The molecule has 0 amide bonds. The molecule has 0 saturated carbocycles. The van der Waals surface area contributed by atoms with E-state index in [-0.39, 0.29) is 0 Å². The van der Waals surface area contributed by atoms with Crippen LogP contribution in [0.1, 0.15) is 18.4 Å². The fourth-order valence-corrected chi connectivity index (χ4v) is 2.62. The highest BCUT2D eigenvalue weighted by Crippen LogP contribution is 2.30. The summed E-state index contributed by atoms with van der Waals surface area (Å²) in [7, 11) is 0. The predicted molar refractivity (Wildman–Crippen MR) is 58.5 cm³/mol. The second-order valence-corrected chi connectivity index (χ2v) is 4.18. The Hall–Kier alpha value is -1.02. The number of hydrogen-bond acceptors (Lipinski definition) is 2. The Kier molecular flexibility index (Phi) is 1.95. The molecule has 74 valence electrons. The molecule has 0 bridgehead atoms. The third-order valence-corrected chi connectivity index (χ3v) is 3.32. The van der Waals surface area contributed by atoms with Gasteiger partial charge in [0.25, 0.3) is 0 Å². The summed E-state index contributed by atoms with van der Waals surface area (Å²) in [4.78, 5) is 2.53. The highest BCUT2D eigenvalue weighted by molar-refractivity contribution is 5.56. The maximum absolute atomic E-state index is 3.59. The molecule has 0 aliphatic carbocycles. The van der Waals surface area contributed by atoms with Crippen molar-refractivity contribution in [3.63, 3.8) is 0 Å². The van der Waals surface area contributed by atoms with Crippen molar-refractivity contribution in [1.29, 1.82) is 0 Å². The van der Waals surface area contributed by atoms with Gasteiger partial charge in [0.15, 0.2) is 0 Å². The number of anilines is 1. The van der Waals surface area contributed by atoms with Crippen molar-refractivity contribution < 1.29 is 0 Å². The molecule has 0 spiro atoms. The van der Waals surface area contributed by atoms with E-state index in [4.69, 9.17) is 0 Å². The summed E-state index contributed by atoms with van der Waals surface area (Å²) < 4.78 is 0. The Morgan fingerprint density at radius 1 is 1.29 bits per heavy atom. The molecular weight excluding hydrogens is 172 g/mol. The van der Waals surface area contributed by atoms with Crippen LogP contribution in [0.4, 0.5) is 5.69 Å². The highest BCUT2D eigenvalue weighted by Gasteiger charge is 2.27. The number of nitrogens with one attached hydrogen (secondary N) is 1. The van der Waals surface area contributed by atoms with Gasteiger partial charge in [0.1, 0.15) is 0 Å². The third kappa shape index (κ3) is 1.22. The summed E-state index contributed by atoms with van der Waals surface area (Å²) in [5, 5.41) is 3.59. The summed E-state index contributed by atoms with van der Waals surface area (Å²) in [6.45, 7) is 2.40. The van der Waals surface area contributed by atoms with Crippen LogP contribution in [0.15, 0.2) is 24.3 Å². The average molecular weight is 188 g/mol. The Labute approximate surface area is 84.9 Å². The van der Waals surface area contributed by atoms with E-state index in [0.29, 0.717) is 6.17 Å². The average Bonchev–Trinajstić information content (AvgIpc) is 2.29. The summed E-state index contributed by atoms with van der Waals surface area (Å²) >= 11 is 0. The number of nitrogens with zero attached hydrogens (tertiary/aromatic N) is 1. The lowest BCUT2D eigenvalue weighted by Crippen LogP contribution is -2.53. The largest absolute Gasteiger partial charge is 0.356 e. The Morgan fingerprint density at radius 2 is 2.21 bits per heavy atom. The summed E-state index contributed by atoms with van der Waals surface area (Å²) in [5.41, 5.74) is 2.98. The Morgan fingerprint density at radius 3 is 3.21 bits per heavy atom. The summed E-state index contributed by atoms with van der Waals surface area (Å²) in [5.74, 6) is 0. The monoisotopic (exact) mass is 188 g/mol. The van der Waals surface area contributed by atoms with Crippen molar-refractivity contribution in [2.24, 2.45) is 0 Å². The predicted octanol–water partition coefficient (Wildman–Crippen LogP) is 1.76. The van der Waals surface area contributed by atoms with Gasteiger partial charge in [-0.05, 0) is 37.4 Å².